The van der Waals surface area contributed by atoms with Gasteiger partial charge in [-0.1, -0.05) is 37.0 Å². The van der Waals surface area contributed by atoms with E-state index < -0.39 is 23.7 Å². The van der Waals surface area contributed by atoms with Gasteiger partial charge in [0.05, 0.1) is 29.3 Å². The minimum absolute atomic E-state index is 0.0396. The van der Waals surface area contributed by atoms with Crippen LogP contribution in [-0.4, -0.2) is 47.3 Å². The number of aliphatic hydroxyl groups excluding tert-OH is 1. The highest BCUT2D eigenvalue weighted by molar-refractivity contribution is 6.37. The smallest absolute Gasteiger partial charge is 0.322 e. The molecule has 6 nitrogen and oxygen atoms in total. The number of carbonyl (C=O) groups is 2. The van der Waals surface area contributed by atoms with Crippen molar-refractivity contribution in [3.05, 3.63) is 28.0 Å². The Hall–Kier alpha value is -1.50. The van der Waals surface area contributed by atoms with Gasteiger partial charge < -0.3 is 9.84 Å². The average Bonchev–Trinajstić information content (AvgIpc) is 2.50. The van der Waals surface area contributed by atoms with E-state index in [1.54, 1.807) is 6.92 Å². The van der Waals surface area contributed by atoms with E-state index in [1.165, 1.54) is 18.5 Å². The summed E-state index contributed by atoms with van der Waals surface area (Å²) in [5.74, 6) is -2.64. The van der Waals surface area contributed by atoms with Gasteiger partial charge in [-0.3, -0.25) is 14.6 Å². The molecule has 2 atom stereocenters. The molecule has 1 rings (SSSR count). The van der Waals surface area contributed by atoms with Crippen molar-refractivity contribution in [2.75, 3.05) is 13.2 Å². The second kappa shape index (κ2) is 9.71. The maximum absolute atomic E-state index is 12.6. The first-order valence-electron chi connectivity index (χ1n) is 7.47. The minimum atomic E-state index is -1.29. The average molecular weight is 375 g/mol. The first-order valence-corrected chi connectivity index (χ1v) is 8.23. The second-order valence-electron chi connectivity index (χ2n) is 5.37. The number of aliphatic hydroxyl groups is 1. The highest BCUT2D eigenvalue weighted by Crippen LogP contribution is 2.21. The molecule has 1 aromatic heterocycles. The standard InChI is InChI=1S/C16H20Cl2N2O4/c1-4-24-16(23)11(7-19-13(8-21)9(2)3)15(22)14-12(18)5-10(17)6-20-14/h5-7,9,11,13,21H,4,8H2,1-3H3/t11?,13-/m1/s1. The van der Waals surface area contributed by atoms with E-state index in [4.69, 9.17) is 27.9 Å². The SMILES string of the molecule is CCOC(=O)C(C=N[C@H](CO)C(C)C)C(=O)c1ncc(Cl)cc1Cl. The number of halogens is 2. The summed E-state index contributed by atoms with van der Waals surface area (Å²) in [6.45, 7) is 5.30. The third-order valence-corrected chi connectivity index (χ3v) is 3.74. The Morgan fingerprint density at radius 1 is 1.42 bits per heavy atom. The van der Waals surface area contributed by atoms with E-state index in [0.29, 0.717) is 0 Å². The first kappa shape index (κ1) is 20.5. The van der Waals surface area contributed by atoms with Crippen LogP contribution in [0, 0.1) is 11.8 Å². The Kier molecular flexibility index (Phi) is 8.31. The zero-order chi connectivity index (χ0) is 18.3. The topological polar surface area (TPSA) is 88.9 Å². The molecule has 0 aromatic carbocycles. The van der Waals surface area contributed by atoms with Crippen LogP contribution in [0.4, 0.5) is 0 Å². The molecule has 8 heteroatoms. The van der Waals surface area contributed by atoms with E-state index in [9.17, 15) is 14.7 Å². The number of Topliss-reactive ketones (excluding diaryl/α,β-unsaturated/α-hetero) is 1. The summed E-state index contributed by atoms with van der Waals surface area (Å²) >= 11 is 11.8. The van der Waals surface area contributed by atoms with Crippen LogP contribution in [0.3, 0.4) is 0 Å². The largest absolute Gasteiger partial charge is 0.465 e. The lowest BCUT2D eigenvalue weighted by atomic mass is 10.0. The van der Waals surface area contributed by atoms with Gasteiger partial charge in [0, 0.05) is 12.4 Å². The van der Waals surface area contributed by atoms with Crippen LogP contribution >= 0.6 is 23.2 Å². The highest BCUT2D eigenvalue weighted by Gasteiger charge is 2.30. The number of hydrogen-bond acceptors (Lipinski definition) is 6. The first-order chi connectivity index (χ1) is 11.3. The second-order valence-corrected chi connectivity index (χ2v) is 6.21. The van der Waals surface area contributed by atoms with E-state index in [0.717, 1.165) is 0 Å². The molecule has 1 heterocycles. The lowest BCUT2D eigenvalue weighted by Gasteiger charge is -2.15. The summed E-state index contributed by atoms with van der Waals surface area (Å²) in [6, 6.07) is 0.941. The Bertz CT molecular complexity index is 620. The van der Waals surface area contributed by atoms with Crippen LogP contribution < -0.4 is 0 Å². The fraction of sp³-hybridized carbons (Fsp3) is 0.500. The van der Waals surface area contributed by atoms with Gasteiger partial charge >= 0.3 is 5.97 Å². The van der Waals surface area contributed by atoms with Gasteiger partial charge in [0.25, 0.3) is 0 Å². The summed E-state index contributed by atoms with van der Waals surface area (Å²) < 4.78 is 4.93. The Labute approximate surface area is 150 Å². The summed E-state index contributed by atoms with van der Waals surface area (Å²) in [4.78, 5) is 32.8. The summed E-state index contributed by atoms with van der Waals surface area (Å²) in [5.41, 5.74) is -0.0873. The number of nitrogens with zero attached hydrogens (tertiary/aromatic N) is 2. The molecular weight excluding hydrogens is 355 g/mol. The number of pyridine rings is 1. The van der Waals surface area contributed by atoms with Crippen LogP contribution in [0.1, 0.15) is 31.3 Å². The van der Waals surface area contributed by atoms with E-state index in [-0.39, 0.29) is 34.9 Å². The molecular formula is C16H20Cl2N2O4. The number of carbonyl (C=O) groups excluding carboxylic acids is 2. The van der Waals surface area contributed by atoms with Gasteiger partial charge in [0.1, 0.15) is 5.69 Å². The Morgan fingerprint density at radius 3 is 2.58 bits per heavy atom. The molecule has 1 aromatic rings. The van der Waals surface area contributed by atoms with Crippen LogP contribution in [0.25, 0.3) is 0 Å². The van der Waals surface area contributed by atoms with E-state index >= 15 is 0 Å². The highest BCUT2D eigenvalue weighted by atomic mass is 35.5. The Balaban J connectivity index is 3.15. The Morgan fingerprint density at radius 2 is 2.08 bits per heavy atom. The predicted octanol–water partition coefficient (Wildman–Crippen LogP) is 2.84. The van der Waals surface area contributed by atoms with Gasteiger partial charge in [-0.2, -0.15) is 0 Å². The number of ketones is 1. The number of aliphatic imine (C=N–C) groups is 1. The van der Waals surface area contributed by atoms with E-state index in [2.05, 4.69) is 9.98 Å². The number of rotatable bonds is 8. The summed E-state index contributed by atoms with van der Waals surface area (Å²) in [6.07, 6.45) is 2.46. The van der Waals surface area contributed by atoms with E-state index in [1.807, 2.05) is 13.8 Å². The van der Waals surface area contributed by atoms with Crippen molar-refractivity contribution in [2.24, 2.45) is 16.8 Å². The molecule has 0 radical (unpaired) electrons. The molecule has 0 amide bonds. The molecule has 0 aliphatic heterocycles. The molecule has 0 saturated carbocycles. The van der Waals surface area contributed by atoms with Crippen LogP contribution in [0.5, 0.6) is 0 Å². The number of aromatic nitrogens is 1. The maximum atomic E-state index is 12.6. The third kappa shape index (κ3) is 5.54. The molecule has 0 bridgehead atoms. The summed E-state index contributed by atoms with van der Waals surface area (Å²) in [5, 5.41) is 9.63. The molecule has 0 aliphatic rings. The number of hydrogen-bond donors (Lipinski definition) is 1. The third-order valence-electron chi connectivity index (χ3n) is 3.25. The van der Waals surface area contributed by atoms with Crippen LogP contribution in [0.15, 0.2) is 17.3 Å². The molecule has 1 unspecified atom stereocenters. The number of esters is 1. The van der Waals surface area contributed by atoms with Crippen LogP contribution in [-0.2, 0) is 9.53 Å². The van der Waals surface area contributed by atoms with Crippen molar-refractivity contribution in [2.45, 2.75) is 26.8 Å². The maximum Gasteiger partial charge on any atom is 0.322 e. The molecule has 0 aliphatic carbocycles. The van der Waals surface area contributed by atoms with Gasteiger partial charge in [-0.05, 0) is 18.9 Å². The van der Waals surface area contributed by atoms with Crippen LogP contribution in [0.2, 0.25) is 10.0 Å². The minimum Gasteiger partial charge on any atom is -0.465 e. The van der Waals surface area contributed by atoms with Gasteiger partial charge in [-0.25, -0.2) is 4.98 Å². The van der Waals surface area contributed by atoms with Crippen molar-refractivity contribution >= 4 is 41.2 Å². The normalized spacial score (nSPS) is 14.0. The monoisotopic (exact) mass is 374 g/mol. The molecule has 0 fully saturated rings. The van der Waals surface area contributed by atoms with Crippen molar-refractivity contribution in [1.82, 2.24) is 4.98 Å². The fourth-order valence-electron chi connectivity index (χ4n) is 1.84. The molecule has 24 heavy (non-hydrogen) atoms. The van der Waals surface area contributed by atoms with Crippen molar-refractivity contribution < 1.29 is 19.4 Å². The van der Waals surface area contributed by atoms with Crippen molar-refractivity contribution in [1.29, 1.82) is 0 Å². The fourth-order valence-corrected chi connectivity index (χ4v) is 2.31. The molecule has 132 valence electrons. The number of ether oxygens (including phenoxy) is 1. The quantitative estimate of drug-likeness (QED) is 0.327. The zero-order valence-corrected chi connectivity index (χ0v) is 15.2. The van der Waals surface area contributed by atoms with Gasteiger partial charge in [0.15, 0.2) is 5.92 Å². The van der Waals surface area contributed by atoms with Gasteiger partial charge in [0.2, 0.25) is 5.78 Å². The molecule has 0 spiro atoms. The summed E-state index contributed by atoms with van der Waals surface area (Å²) in [7, 11) is 0. The molecule has 1 N–H and O–H groups in total. The zero-order valence-electron chi connectivity index (χ0n) is 13.7. The lowest BCUT2D eigenvalue weighted by Crippen LogP contribution is -2.30. The molecule has 0 saturated heterocycles. The van der Waals surface area contributed by atoms with Crippen molar-refractivity contribution in [3.63, 3.8) is 0 Å². The van der Waals surface area contributed by atoms with Crippen molar-refractivity contribution in [3.8, 4) is 0 Å². The van der Waals surface area contributed by atoms with Gasteiger partial charge in [-0.15, -0.1) is 0 Å². The predicted molar refractivity (Wildman–Crippen MR) is 92.9 cm³/mol. The lowest BCUT2D eigenvalue weighted by molar-refractivity contribution is -0.144.